The Morgan fingerprint density at radius 1 is 1.67 bits per heavy atom. The molecule has 1 aliphatic rings. The van der Waals surface area contributed by atoms with Gasteiger partial charge in [0.25, 0.3) is 0 Å². The molecule has 0 radical (unpaired) electrons. The zero-order valence-corrected chi connectivity index (χ0v) is 7.92. The van der Waals surface area contributed by atoms with Crippen LogP contribution < -0.4 is 0 Å². The first kappa shape index (κ1) is 9.30. The molecule has 0 aromatic heterocycles. The smallest absolute Gasteiger partial charge is 0.331 e. The number of carboxylic acid groups (broad SMARTS) is 1. The molecule has 0 bridgehead atoms. The second-order valence-electron chi connectivity index (χ2n) is 4.15. The summed E-state index contributed by atoms with van der Waals surface area (Å²) in [6.07, 6.45) is 3.67. The lowest BCUT2D eigenvalue weighted by Gasteiger charge is -1.99. The average molecular weight is 168 g/mol. The van der Waals surface area contributed by atoms with Crippen LogP contribution in [0.5, 0.6) is 0 Å². The molecule has 0 aromatic rings. The minimum atomic E-state index is -0.764. The van der Waals surface area contributed by atoms with Crippen molar-refractivity contribution >= 4 is 5.97 Å². The predicted molar refractivity (Wildman–Crippen MR) is 47.9 cm³/mol. The van der Waals surface area contributed by atoms with Gasteiger partial charge in [-0.1, -0.05) is 26.8 Å². The molecule has 2 heteroatoms. The predicted octanol–water partition coefficient (Wildman–Crippen LogP) is 2.45. The molecule has 0 aromatic carbocycles. The number of allylic oxidation sites excluding steroid dienone is 1. The number of carboxylic acids is 1. The van der Waals surface area contributed by atoms with Crippen LogP contribution in [0.15, 0.2) is 11.6 Å². The van der Waals surface area contributed by atoms with Gasteiger partial charge in [0.2, 0.25) is 0 Å². The molecule has 0 heterocycles. The Labute approximate surface area is 73.3 Å². The lowest BCUT2D eigenvalue weighted by atomic mass is 10.1. The maximum atomic E-state index is 10.6. The summed E-state index contributed by atoms with van der Waals surface area (Å²) >= 11 is 0. The van der Waals surface area contributed by atoms with Gasteiger partial charge in [-0.25, -0.2) is 4.79 Å². The molecule has 1 aliphatic carbocycles. The Balaban J connectivity index is 2.62. The van der Waals surface area contributed by atoms with Crippen molar-refractivity contribution in [2.75, 3.05) is 0 Å². The SMILES string of the molecule is CC/C(=C\[C@@H]1CC1(C)C)C(=O)O. The van der Waals surface area contributed by atoms with Gasteiger partial charge in [-0.2, -0.15) is 0 Å². The van der Waals surface area contributed by atoms with Crippen molar-refractivity contribution in [3.05, 3.63) is 11.6 Å². The summed E-state index contributed by atoms with van der Waals surface area (Å²) < 4.78 is 0. The quantitative estimate of drug-likeness (QED) is 0.657. The van der Waals surface area contributed by atoms with Crippen molar-refractivity contribution in [1.29, 1.82) is 0 Å². The monoisotopic (exact) mass is 168 g/mol. The zero-order valence-electron chi connectivity index (χ0n) is 7.92. The molecule has 0 aliphatic heterocycles. The van der Waals surface area contributed by atoms with Crippen molar-refractivity contribution < 1.29 is 9.90 Å². The first-order valence-electron chi connectivity index (χ1n) is 4.41. The van der Waals surface area contributed by atoms with Crippen LogP contribution in [0.25, 0.3) is 0 Å². The highest BCUT2D eigenvalue weighted by atomic mass is 16.4. The van der Waals surface area contributed by atoms with Crippen molar-refractivity contribution in [2.45, 2.75) is 33.6 Å². The van der Waals surface area contributed by atoms with Crippen LogP contribution >= 0.6 is 0 Å². The maximum absolute atomic E-state index is 10.6. The molecule has 1 rings (SSSR count). The third-order valence-corrected chi connectivity index (χ3v) is 2.65. The minimum absolute atomic E-state index is 0.343. The Kier molecular flexibility index (Phi) is 2.27. The fraction of sp³-hybridized carbons (Fsp3) is 0.700. The van der Waals surface area contributed by atoms with E-state index in [1.807, 2.05) is 13.0 Å². The van der Waals surface area contributed by atoms with Gasteiger partial charge in [0.1, 0.15) is 0 Å². The fourth-order valence-electron chi connectivity index (χ4n) is 1.38. The summed E-state index contributed by atoms with van der Waals surface area (Å²) in [7, 11) is 0. The summed E-state index contributed by atoms with van der Waals surface area (Å²) in [6.45, 7) is 6.22. The van der Waals surface area contributed by atoms with Gasteiger partial charge < -0.3 is 5.11 Å². The van der Waals surface area contributed by atoms with E-state index in [2.05, 4.69) is 13.8 Å². The topological polar surface area (TPSA) is 37.3 Å². The molecule has 2 nitrogen and oxygen atoms in total. The number of hydrogen-bond acceptors (Lipinski definition) is 1. The summed E-state index contributed by atoms with van der Waals surface area (Å²) in [5.41, 5.74) is 0.904. The molecule has 1 atom stereocenters. The Morgan fingerprint density at radius 2 is 2.17 bits per heavy atom. The Bertz CT molecular complexity index is 226. The first-order valence-corrected chi connectivity index (χ1v) is 4.41. The molecule has 0 spiro atoms. The number of hydrogen-bond donors (Lipinski definition) is 1. The van der Waals surface area contributed by atoms with Crippen LogP contribution in [0, 0.1) is 11.3 Å². The van der Waals surface area contributed by atoms with Crippen molar-refractivity contribution in [3.63, 3.8) is 0 Å². The van der Waals surface area contributed by atoms with Gasteiger partial charge in [0.05, 0.1) is 0 Å². The van der Waals surface area contributed by atoms with E-state index < -0.39 is 5.97 Å². The first-order chi connectivity index (χ1) is 5.47. The van der Waals surface area contributed by atoms with Gasteiger partial charge in [-0.05, 0) is 24.2 Å². The molecule has 1 N–H and O–H groups in total. The van der Waals surface area contributed by atoms with Crippen LogP contribution in [0.2, 0.25) is 0 Å². The fourth-order valence-corrected chi connectivity index (χ4v) is 1.38. The highest BCUT2D eigenvalue weighted by molar-refractivity contribution is 5.86. The summed E-state index contributed by atoms with van der Waals surface area (Å²) in [5.74, 6) is -0.274. The summed E-state index contributed by atoms with van der Waals surface area (Å²) in [4.78, 5) is 10.6. The molecule has 0 amide bonds. The lowest BCUT2D eigenvalue weighted by molar-refractivity contribution is -0.132. The highest BCUT2D eigenvalue weighted by Gasteiger charge is 2.44. The third-order valence-electron chi connectivity index (χ3n) is 2.65. The Morgan fingerprint density at radius 3 is 2.42 bits per heavy atom. The van der Waals surface area contributed by atoms with Gasteiger partial charge in [0.15, 0.2) is 0 Å². The van der Waals surface area contributed by atoms with E-state index in [1.54, 1.807) is 0 Å². The summed E-state index contributed by atoms with van der Waals surface area (Å²) in [5, 5.41) is 8.75. The van der Waals surface area contributed by atoms with Crippen LogP contribution in [-0.4, -0.2) is 11.1 Å². The molecule has 68 valence electrons. The van der Waals surface area contributed by atoms with Crippen LogP contribution in [0.3, 0.4) is 0 Å². The van der Waals surface area contributed by atoms with E-state index >= 15 is 0 Å². The zero-order chi connectivity index (χ0) is 9.35. The molecular formula is C10H16O2. The van der Waals surface area contributed by atoms with E-state index in [-0.39, 0.29) is 0 Å². The average Bonchev–Trinajstić information content (AvgIpc) is 2.53. The second kappa shape index (κ2) is 2.92. The molecule has 1 saturated carbocycles. The van der Waals surface area contributed by atoms with E-state index in [9.17, 15) is 4.79 Å². The standard InChI is InChI=1S/C10H16O2/c1-4-7(9(11)12)5-8-6-10(8,2)3/h5,8H,4,6H2,1-3H3,(H,11,12)/b7-5+/t8-/m1/s1. The summed E-state index contributed by atoms with van der Waals surface area (Å²) in [6, 6.07) is 0. The Hall–Kier alpha value is -0.790. The van der Waals surface area contributed by atoms with Gasteiger partial charge in [0, 0.05) is 5.57 Å². The van der Waals surface area contributed by atoms with E-state index in [0.29, 0.717) is 23.3 Å². The van der Waals surface area contributed by atoms with Gasteiger partial charge >= 0.3 is 5.97 Å². The molecule has 0 saturated heterocycles. The van der Waals surface area contributed by atoms with Crippen LogP contribution in [0.1, 0.15) is 33.6 Å². The van der Waals surface area contributed by atoms with E-state index in [1.165, 1.54) is 0 Å². The molecule has 0 unspecified atom stereocenters. The number of rotatable bonds is 3. The van der Waals surface area contributed by atoms with Crippen molar-refractivity contribution in [1.82, 2.24) is 0 Å². The highest BCUT2D eigenvalue weighted by Crippen LogP contribution is 2.52. The molecule has 12 heavy (non-hydrogen) atoms. The number of aliphatic carboxylic acids is 1. The number of carbonyl (C=O) groups is 1. The second-order valence-corrected chi connectivity index (χ2v) is 4.15. The van der Waals surface area contributed by atoms with Crippen LogP contribution in [0.4, 0.5) is 0 Å². The van der Waals surface area contributed by atoms with E-state index in [0.717, 1.165) is 6.42 Å². The van der Waals surface area contributed by atoms with Gasteiger partial charge in [-0.3, -0.25) is 0 Å². The largest absolute Gasteiger partial charge is 0.478 e. The van der Waals surface area contributed by atoms with Crippen LogP contribution in [-0.2, 0) is 4.79 Å². The lowest BCUT2D eigenvalue weighted by Crippen LogP contribution is -2.00. The molecular weight excluding hydrogens is 152 g/mol. The van der Waals surface area contributed by atoms with Crippen molar-refractivity contribution in [2.24, 2.45) is 11.3 Å². The minimum Gasteiger partial charge on any atom is -0.478 e. The van der Waals surface area contributed by atoms with Gasteiger partial charge in [-0.15, -0.1) is 0 Å². The normalized spacial score (nSPS) is 26.9. The molecule has 1 fully saturated rings. The third kappa shape index (κ3) is 1.87. The maximum Gasteiger partial charge on any atom is 0.331 e. The van der Waals surface area contributed by atoms with E-state index in [4.69, 9.17) is 5.11 Å². The van der Waals surface area contributed by atoms with Crippen molar-refractivity contribution in [3.8, 4) is 0 Å².